The lowest BCUT2D eigenvalue weighted by molar-refractivity contribution is 0.0593. The Hall–Kier alpha value is -0.883. The van der Waals surface area contributed by atoms with Crippen LogP contribution in [0.5, 0.6) is 5.75 Å². The summed E-state index contributed by atoms with van der Waals surface area (Å²) in [5.74, 6) is 0.275. The van der Waals surface area contributed by atoms with Crippen LogP contribution in [0.15, 0.2) is 12.3 Å². The van der Waals surface area contributed by atoms with Crippen molar-refractivity contribution in [3.05, 3.63) is 23.5 Å². The molecular formula is C14H22BrNO3Si. The number of ether oxygens (including phenoxy) is 1. The molecule has 0 saturated carbocycles. The lowest BCUT2D eigenvalue weighted by atomic mass is 10.2. The zero-order valence-electron chi connectivity index (χ0n) is 12.9. The molecule has 0 amide bonds. The second kappa shape index (κ2) is 6.26. The van der Waals surface area contributed by atoms with Gasteiger partial charge in [-0.05, 0) is 29.8 Å². The highest BCUT2D eigenvalue weighted by Gasteiger charge is 2.39. The molecule has 1 aromatic heterocycles. The van der Waals surface area contributed by atoms with Gasteiger partial charge in [0.15, 0.2) is 5.69 Å². The number of hydrogen-bond donors (Lipinski definition) is 0. The van der Waals surface area contributed by atoms with Crippen molar-refractivity contribution in [3.8, 4) is 5.75 Å². The zero-order chi connectivity index (χ0) is 15.6. The summed E-state index contributed by atoms with van der Waals surface area (Å²) in [6.07, 6.45) is 1.60. The van der Waals surface area contributed by atoms with E-state index in [1.165, 1.54) is 7.11 Å². The number of aromatic nitrogens is 1. The van der Waals surface area contributed by atoms with E-state index in [9.17, 15) is 4.79 Å². The smallest absolute Gasteiger partial charge is 0.356 e. The normalized spacial score (nSPS) is 12.2. The lowest BCUT2D eigenvalue weighted by Gasteiger charge is -2.36. The fourth-order valence-corrected chi connectivity index (χ4v) is 2.81. The van der Waals surface area contributed by atoms with E-state index < -0.39 is 14.3 Å². The van der Waals surface area contributed by atoms with Crippen molar-refractivity contribution >= 4 is 30.2 Å². The number of methoxy groups -OCH3 is 1. The first-order chi connectivity index (χ1) is 9.12. The summed E-state index contributed by atoms with van der Waals surface area (Å²) in [5.41, 5.74) is 1.10. The molecule has 0 saturated heterocycles. The molecule has 0 aliphatic heterocycles. The standard InChI is InChI=1S/C14H22BrNO3Si/c1-14(2,3)20(5,6)19-11-7-10(8-15)12(16-9-11)13(17)18-4/h7,9H,8H2,1-6H3. The van der Waals surface area contributed by atoms with E-state index in [1.807, 2.05) is 6.07 Å². The maximum atomic E-state index is 11.6. The second-order valence-corrected chi connectivity index (χ2v) is 11.5. The van der Waals surface area contributed by atoms with Crippen LogP contribution in [0.1, 0.15) is 36.8 Å². The number of carbonyl (C=O) groups is 1. The highest BCUT2D eigenvalue weighted by atomic mass is 79.9. The monoisotopic (exact) mass is 359 g/mol. The molecule has 0 radical (unpaired) electrons. The van der Waals surface area contributed by atoms with E-state index >= 15 is 0 Å². The molecule has 0 bridgehead atoms. The minimum Gasteiger partial charge on any atom is -0.542 e. The van der Waals surface area contributed by atoms with Crippen molar-refractivity contribution in [2.24, 2.45) is 0 Å². The summed E-state index contributed by atoms with van der Waals surface area (Å²) in [5, 5.41) is 0.641. The second-order valence-electron chi connectivity index (χ2n) is 6.17. The predicted octanol–water partition coefficient (Wildman–Crippen LogP) is 4.15. The first kappa shape index (κ1) is 17.2. The van der Waals surface area contributed by atoms with Gasteiger partial charge in [0, 0.05) is 5.33 Å². The molecule has 0 aliphatic carbocycles. The summed E-state index contributed by atoms with van der Waals surface area (Å²) in [6.45, 7) is 10.9. The van der Waals surface area contributed by atoms with Gasteiger partial charge in [-0.25, -0.2) is 9.78 Å². The van der Waals surface area contributed by atoms with Gasteiger partial charge in [-0.3, -0.25) is 0 Å². The van der Waals surface area contributed by atoms with Gasteiger partial charge in [0.2, 0.25) is 0 Å². The summed E-state index contributed by atoms with van der Waals surface area (Å²) in [4.78, 5) is 15.8. The van der Waals surface area contributed by atoms with Crippen molar-refractivity contribution in [1.82, 2.24) is 4.98 Å². The molecule has 1 heterocycles. The Morgan fingerprint density at radius 3 is 2.45 bits per heavy atom. The van der Waals surface area contributed by atoms with Crippen molar-refractivity contribution in [3.63, 3.8) is 0 Å². The summed E-state index contributed by atoms with van der Waals surface area (Å²) < 4.78 is 10.9. The van der Waals surface area contributed by atoms with Crippen LogP contribution in [0.3, 0.4) is 0 Å². The molecule has 112 valence electrons. The highest BCUT2D eigenvalue weighted by Crippen LogP contribution is 2.37. The molecule has 0 aromatic carbocycles. The van der Waals surface area contributed by atoms with Crippen LogP contribution >= 0.6 is 15.9 Å². The summed E-state index contributed by atoms with van der Waals surface area (Å²) in [6, 6.07) is 1.86. The molecule has 1 rings (SSSR count). The number of alkyl halides is 1. The number of nitrogens with zero attached hydrogens (tertiary/aromatic N) is 1. The summed E-state index contributed by atoms with van der Waals surface area (Å²) in [7, 11) is -0.557. The minimum absolute atomic E-state index is 0.114. The Bertz CT molecular complexity index is 498. The Kier molecular flexibility index (Phi) is 5.37. The van der Waals surface area contributed by atoms with Crippen LogP contribution in [0.4, 0.5) is 0 Å². The lowest BCUT2D eigenvalue weighted by Crippen LogP contribution is -2.43. The van der Waals surface area contributed by atoms with Gasteiger partial charge in [-0.2, -0.15) is 0 Å². The Morgan fingerprint density at radius 2 is 2.00 bits per heavy atom. The van der Waals surface area contributed by atoms with Crippen molar-refractivity contribution in [2.75, 3.05) is 7.11 Å². The minimum atomic E-state index is -1.91. The van der Waals surface area contributed by atoms with Crippen molar-refractivity contribution < 1.29 is 14.0 Å². The molecule has 0 unspecified atom stereocenters. The molecule has 0 atom stereocenters. The molecular weight excluding hydrogens is 338 g/mol. The summed E-state index contributed by atoms with van der Waals surface area (Å²) >= 11 is 3.37. The third-order valence-corrected chi connectivity index (χ3v) is 8.61. The molecule has 0 spiro atoms. The maximum absolute atomic E-state index is 11.6. The number of hydrogen-bond acceptors (Lipinski definition) is 4. The van der Waals surface area contributed by atoms with E-state index in [4.69, 9.17) is 9.16 Å². The van der Waals surface area contributed by atoms with E-state index in [2.05, 4.69) is 54.8 Å². The van der Waals surface area contributed by atoms with Gasteiger partial charge < -0.3 is 9.16 Å². The SMILES string of the molecule is COC(=O)c1ncc(O[Si](C)(C)C(C)(C)C)cc1CBr. The molecule has 6 heteroatoms. The van der Waals surface area contributed by atoms with Crippen LogP contribution in [0.2, 0.25) is 18.1 Å². The molecule has 0 aliphatic rings. The maximum Gasteiger partial charge on any atom is 0.356 e. The largest absolute Gasteiger partial charge is 0.542 e. The van der Waals surface area contributed by atoms with E-state index in [0.717, 1.165) is 5.56 Å². The number of rotatable bonds is 4. The highest BCUT2D eigenvalue weighted by molar-refractivity contribution is 9.08. The zero-order valence-corrected chi connectivity index (χ0v) is 15.5. The van der Waals surface area contributed by atoms with Crippen LogP contribution in [-0.4, -0.2) is 26.4 Å². The van der Waals surface area contributed by atoms with Crippen LogP contribution < -0.4 is 4.43 Å². The van der Waals surface area contributed by atoms with Crippen LogP contribution in [0.25, 0.3) is 0 Å². The van der Waals surface area contributed by atoms with Gasteiger partial charge in [0.05, 0.1) is 13.3 Å². The Morgan fingerprint density at radius 1 is 1.40 bits per heavy atom. The molecule has 20 heavy (non-hydrogen) atoms. The number of halogens is 1. The van der Waals surface area contributed by atoms with Crippen molar-refractivity contribution in [2.45, 2.75) is 44.2 Å². The Labute approximate surface area is 130 Å². The molecule has 0 N–H and O–H groups in total. The van der Waals surface area contributed by atoms with Gasteiger partial charge in [0.1, 0.15) is 5.75 Å². The first-order valence-electron chi connectivity index (χ1n) is 6.44. The fraction of sp³-hybridized carbons (Fsp3) is 0.571. The van der Waals surface area contributed by atoms with Gasteiger partial charge in [-0.15, -0.1) is 0 Å². The van der Waals surface area contributed by atoms with Crippen molar-refractivity contribution in [1.29, 1.82) is 0 Å². The average molecular weight is 360 g/mol. The molecule has 1 aromatic rings. The molecule has 4 nitrogen and oxygen atoms in total. The first-order valence-corrected chi connectivity index (χ1v) is 10.5. The third-order valence-electron chi connectivity index (χ3n) is 3.64. The van der Waals surface area contributed by atoms with E-state index in [0.29, 0.717) is 16.8 Å². The average Bonchev–Trinajstić information content (AvgIpc) is 2.35. The predicted molar refractivity (Wildman–Crippen MR) is 86.0 cm³/mol. The quantitative estimate of drug-likeness (QED) is 0.460. The number of pyridine rings is 1. The van der Waals surface area contributed by atoms with Gasteiger partial charge >= 0.3 is 5.97 Å². The van der Waals surface area contributed by atoms with E-state index in [1.54, 1.807) is 6.20 Å². The van der Waals surface area contributed by atoms with Gasteiger partial charge in [-0.1, -0.05) is 36.7 Å². The van der Waals surface area contributed by atoms with Gasteiger partial charge in [0.25, 0.3) is 8.32 Å². The fourth-order valence-electron chi connectivity index (χ4n) is 1.37. The van der Waals surface area contributed by atoms with Crippen LogP contribution in [0, 0.1) is 0 Å². The van der Waals surface area contributed by atoms with Crippen LogP contribution in [-0.2, 0) is 10.1 Å². The Balaban J connectivity index is 3.09. The number of esters is 1. The molecule has 0 fully saturated rings. The third kappa shape index (κ3) is 3.82. The topological polar surface area (TPSA) is 48.4 Å². The van der Waals surface area contributed by atoms with E-state index in [-0.39, 0.29) is 5.04 Å². The number of carbonyl (C=O) groups excluding carboxylic acids is 1.